The van der Waals surface area contributed by atoms with Gasteiger partial charge in [-0.25, -0.2) is 0 Å². The Morgan fingerprint density at radius 2 is 1.76 bits per heavy atom. The van der Waals surface area contributed by atoms with Crippen LogP contribution in [0.2, 0.25) is 0 Å². The van der Waals surface area contributed by atoms with Gasteiger partial charge < -0.3 is 20.0 Å². The Hall–Kier alpha value is -1.01. The zero-order valence-electron chi connectivity index (χ0n) is 10.3. The quantitative estimate of drug-likeness (QED) is 0.716. The topological polar surface area (TPSA) is 95.6 Å². The van der Waals surface area contributed by atoms with Gasteiger partial charge in [0.05, 0.1) is 0 Å². The van der Waals surface area contributed by atoms with E-state index in [0.29, 0.717) is 0 Å². The summed E-state index contributed by atoms with van der Waals surface area (Å²) < 4.78 is 24.0. The molecule has 0 unspecified atom stereocenters. The predicted octanol–water partition coefficient (Wildman–Crippen LogP) is -0.512. The molecule has 0 saturated carbocycles. The van der Waals surface area contributed by atoms with Crippen LogP contribution in [0.15, 0.2) is 18.2 Å². The van der Waals surface area contributed by atoms with E-state index in [1.165, 1.54) is 5.69 Å². The summed E-state index contributed by atoms with van der Waals surface area (Å²) >= 11 is 0. The second-order valence-corrected chi connectivity index (χ2v) is 3.82. The van der Waals surface area contributed by atoms with Gasteiger partial charge in [-0.1, -0.05) is 0 Å². The number of aryl methyl sites for hydroxylation is 1. The Kier molecular flexibility index (Phi) is 7.65. The second-order valence-electron chi connectivity index (χ2n) is 3.41. The summed E-state index contributed by atoms with van der Waals surface area (Å²) in [4.78, 5) is 2.31. The minimum Gasteiger partial charge on any atom is -0.399 e. The lowest BCUT2D eigenvalue weighted by atomic mass is 10.1. The van der Waals surface area contributed by atoms with E-state index in [9.17, 15) is 0 Å². The molecule has 3 N–H and O–H groups in total. The van der Waals surface area contributed by atoms with Gasteiger partial charge >= 0.3 is 0 Å². The highest BCUT2D eigenvalue weighted by Crippen LogP contribution is 2.19. The molecule has 5 nitrogen and oxygen atoms in total. The molecule has 98 valence electrons. The highest BCUT2D eigenvalue weighted by atomic mass is 35.6. The van der Waals surface area contributed by atoms with E-state index in [4.69, 9.17) is 19.7 Å². The van der Waals surface area contributed by atoms with Crippen LogP contribution in [-0.2, 0) is 0 Å². The van der Waals surface area contributed by atoms with Crippen LogP contribution in [0.25, 0.3) is 0 Å². The number of benzene rings is 1. The van der Waals surface area contributed by atoms with Crippen LogP contribution in [-0.4, -0.2) is 17.7 Å². The minimum absolute atomic E-state index is 0.871. The lowest BCUT2D eigenvalue weighted by Crippen LogP contribution is -2.30. The van der Waals surface area contributed by atoms with E-state index in [1.807, 2.05) is 13.0 Å². The Morgan fingerprint density at radius 3 is 2.12 bits per heavy atom. The number of anilines is 2. The third-order valence-electron chi connectivity index (χ3n) is 2.38. The molecule has 0 amide bonds. The molecule has 0 aliphatic heterocycles. The Morgan fingerprint density at radius 1 is 1.29 bits per heavy atom. The summed E-state index contributed by atoms with van der Waals surface area (Å²) in [5, 5.41) is 0. The third kappa shape index (κ3) is 6.33. The molecular formula is C11H19ClN2O3. The summed E-state index contributed by atoms with van der Waals surface area (Å²) in [5.74, 6) is 0. The number of rotatable bonds is 3. The monoisotopic (exact) mass is 262 g/mol. The van der Waals surface area contributed by atoms with E-state index in [0.717, 1.165) is 24.3 Å². The van der Waals surface area contributed by atoms with Crippen molar-refractivity contribution < 1.29 is 24.8 Å². The summed E-state index contributed by atoms with van der Waals surface area (Å²) in [6.45, 7) is 8.45. The van der Waals surface area contributed by atoms with Crippen molar-refractivity contribution in [3.05, 3.63) is 23.8 Å². The fraction of sp³-hybridized carbons (Fsp3) is 0.455. The fourth-order valence-electron chi connectivity index (χ4n) is 1.45. The standard InChI is InChI=1S/C11H18N2.ClHO3/c1-4-13(5-2)10-6-7-11(12)9(3)8-10;2-1(3)4/h6-8H,4-5,12H2,1-3H3;2H. The SMILES string of the molecule is CCN(CC)c1ccc(N)c(C)c1.[O-][Cl+2]([O-])O. The summed E-state index contributed by atoms with van der Waals surface area (Å²) in [5.41, 5.74) is 9.04. The lowest BCUT2D eigenvalue weighted by molar-refractivity contribution is -1.63. The molecule has 0 fully saturated rings. The van der Waals surface area contributed by atoms with Gasteiger partial charge in [0.15, 0.2) is 0 Å². The number of hydrogen-bond donors (Lipinski definition) is 2. The van der Waals surface area contributed by atoms with Gasteiger partial charge in [-0.15, -0.1) is 0 Å². The van der Waals surface area contributed by atoms with Crippen LogP contribution in [0.4, 0.5) is 11.4 Å². The van der Waals surface area contributed by atoms with E-state index in [-0.39, 0.29) is 0 Å². The first kappa shape index (κ1) is 16.0. The number of nitrogens with two attached hydrogens (primary N) is 1. The molecule has 0 atom stereocenters. The molecule has 0 bridgehead atoms. The number of hydrogen-bond acceptors (Lipinski definition) is 5. The van der Waals surface area contributed by atoms with Crippen molar-refractivity contribution in [3.63, 3.8) is 0 Å². The Labute approximate surface area is 105 Å². The van der Waals surface area contributed by atoms with Crippen LogP contribution < -0.4 is 20.0 Å². The molecule has 17 heavy (non-hydrogen) atoms. The van der Waals surface area contributed by atoms with E-state index < -0.39 is 10.8 Å². The molecule has 0 saturated heterocycles. The first-order valence-corrected chi connectivity index (χ1v) is 6.23. The van der Waals surface area contributed by atoms with E-state index >= 15 is 0 Å². The minimum atomic E-state index is -2.60. The zero-order chi connectivity index (χ0) is 13.4. The lowest BCUT2D eigenvalue weighted by Gasteiger charge is -2.21. The molecule has 1 rings (SSSR count). The van der Waals surface area contributed by atoms with Gasteiger partial charge in [0.2, 0.25) is 0 Å². The van der Waals surface area contributed by atoms with Crippen molar-refractivity contribution in [2.45, 2.75) is 20.8 Å². The number of nitrogen functional groups attached to an aromatic ring is 1. The second kappa shape index (κ2) is 8.14. The molecular weight excluding hydrogens is 244 g/mol. The number of halogens is 1. The molecule has 0 radical (unpaired) electrons. The highest BCUT2D eigenvalue weighted by molar-refractivity contribution is 5.57. The maximum Gasteiger partial charge on any atom is 0.282 e. The molecule has 0 aromatic heterocycles. The first-order valence-electron chi connectivity index (χ1n) is 5.27. The van der Waals surface area contributed by atoms with E-state index in [1.54, 1.807) is 0 Å². The van der Waals surface area contributed by atoms with Crippen molar-refractivity contribution in [2.24, 2.45) is 0 Å². The predicted molar refractivity (Wildman–Crippen MR) is 61.4 cm³/mol. The summed E-state index contributed by atoms with van der Waals surface area (Å²) in [7, 11) is -2.60. The van der Waals surface area contributed by atoms with Crippen LogP contribution in [0.3, 0.4) is 0 Å². The molecule has 6 heteroatoms. The van der Waals surface area contributed by atoms with Gasteiger partial charge in [-0.2, -0.15) is 0 Å². The van der Waals surface area contributed by atoms with Gasteiger partial charge in [0, 0.05) is 29.1 Å². The molecule has 0 aliphatic carbocycles. The smallest absolute Gasteiger partial charge is 0.282 e. The fourth-order valence-corrected chi connectivity index (χ4v) is 1.45. The maximum atomic E-state index is 8.52. The van der Waals surface area contributed by atoms with Gasteiger partial charge in [-0.05, 0) is 44.5 Å². The maximum absolute atomic E-state index is 8.52. The first-order chi connectivity index (χ1) is 7.92. The van der Waals surface area contributed by atoms with Crippen molar-refractivity contribution in [3.8, 4) is 0 Å². The molecule has 0 spiro atoms. The van der Waals surface area contributed by atoms with Crippen molar-refractivity contribution >= 4 is 11.4 Å². The Balaban J connectivity index is 0.000000557. The summed E-state index contributed by atoms with van der Waals surface area (Å²) in [6, 6.07) is 6.20. The average Bonchev–Trinajstić information content (AvgIpc) is 2.24. The van der Waals surface area contributed by atoms with Crippen molar-refractivity contribution in [1.82, 2.24) is 0 Å². The van der Waals surface area contributed by atoms with E-state index in [2.05, 4.69) is 30.9 Å². The molecule has 1 aromatic rings. The largest absolute Gasteiger partial charge is 0.399 e. The van der Waals surface area contributed by atoms with Crippen molar-refractivity contribution in [1.29, 1.82) is 0 Å². The Bertz CT molecular complexity index is 328. The van der Waals surface area contributed by atoms with Crippen LogP contribution in [0.1, 0.15) is 19.4 Å². The summed E-state index contributed by atoms with van der Waals surface area (Å²) in [6.07, 6.45) is 0. The van der Waals surface area contributed by atoms with Gasteiger partial charge in [0.1, 0.15) is 0 Å². The molecule has 1 aromatic carbocycles. The average molecular weight is 263 g/mol. The molecule has 0 heterocycles. The van der Waals surface area contributed by atoms with Crippen molar-refractivity contribution in [2.75, 3.05) is 23.7 Å². The third-order valence-corrected chi connectivity index (χ3v) is 2.38. The van der Waals surface area contributed by atoms with Crippen LogP contribution in [0, 0.1) is 17.7 Å². The van der Waals surface area contributed by atoms with Gasteiger partial charge in [-0.3, -0.25) is 0 Å². The number of nitrogens with zero attached hydrogens (tertiary/aromatic N) is 1. The normalized spacial score (nSPS) is 9.82. The molecule has 0 aliphatic rings. The van der Waals surface area contributed by atoms with Gasteiger partial charge in [0.25, 0.3) is 10.8 Å². The zero-order valence-corrected chi connectivity index (χ0v) is 11.1. The van der Waals surface area contributed by atoms with Crippen LogP contribution >= 0.6 is 0 Å². The van der Waals surface area contributed by atoms with Crippen LogP contribution in [0.5, 0.6) is 0 Å². The highest BCUT2D eigenvalue weighted by Gasteiger charge is 2.02.